The summed E-state index contributed by atoms with van der Waals surface area (Å²) >= 11 is 7.62. The van der Waals surface area contributed by atoms with E-state index in [1.54, 1.807) is 24.3 Å². The third kappa shape index (κ3) is 4.58. The molecule has 1 unspecified atom stereocenters. The first kappa shape index (κ1) is 20.3. The summed E-state index contributed by atoms with van der Waals surface area (Å²) < 4.78 is 1.88. The monoisotopic (exact) mass is 439 g/mol. The molecular formula is C22H18ClN3O3S. The molecule has 0 saturated carbocycles. The Kier molecular flexibility index (Phi) is 5.92. The van der Waals surface area contributed by atoms with Crippen molar-refractivity contribution in [3.63, 3.8) is 0 Å². The third-order valence-corrected chi connectivity index (χ3v) is 6.07. The Morgan fingerprint density at radius 1 is 1.17 bits per heavy atom. The molecular weight excluding hydrogens is 422 g/mol. The summed E-state index contributed by atoms with van der Waals surface area (Å²) in [5.41, 5.74) is 2.31. The number of amides is 3. The quantitative estimate of drug-likeness (QED) is 0.620. The molecule has 30 heavy (non-hydrogen) atoms. The van der Waals surface area contributed by atoms with E-state index in [1.807, 2.05) is 40.4 Å². The van der Waals surface area contributed by atoms with Crippen LogP contribution in [0.3, 0.4) is 0 Å². The van der Waals surface area contributed by atoms with Crippen molar-refractivity contribution in [2.75, 3.05) is 0 Å². The lowest BCUT2D eigenvalue weighted by molar-refractivity contribution is -0.125. The van der Waals surface area contributed by atoms with E-state index in [-0.39, 0.29) is 30.1 Å². The lowest BCUT2D eigenvalue weighted by Gasteiger charge is -2.06. The number of benzene rings is 2. The Morgan fingerprint density at radius 3 is 2.63 bits per heavy atom. The molecule has 1 fully saturated rings. The normalized spacial score (nSPS) is 16.7. The average molecular weight is 440 g/mol. The molecule has 1 saturated heterocycles. The number of carbonyl (C=O) groups excluding carboxylic acids is 3. The summed E-state index contributed by atoms with van der Waals surface area (Å²) in [5, 5.41) is 4.85. The van der Waals surface area contributed by atoms with E-state index in [4.69, 9.17) is 11.6 Å². The predicted molar refractivity (Wildman–Crippen MR) is 114 cm³/mol. The Morgan fingerprint density at radius 2 is 1.93 bits per heavy atom. The van der Waals surface area contributed by atoms with Crippen LogP contribution in [-0.2, 0) is 22.6 Å². The Balaban J connectivity index is 1.48. The minimum Gasteiger partial charge on any atom is -0.319 e. The molecule has 1 aromatic heterocycles. The molecule has 1 aliphatic heterocycles. The summed E-state index contributed by atoms with van der Waals surface area (Å²) in [6, 6.07) is 14.6. The third-order valence-electron chi connectivity index (χ3n) is 4.90. The van der Waals surface area contributed by atoms with Gasteiger partial charge in [0.1, 0.15) is 0 Å². The van der Waals surface area contributed by atoms with Gasteiger partial charge < -0.3 is 4.57 Å². The summed E-state index contributed by atoms with van der Waals surface area (Å²) in [6.45, 7) is 0.524. The highest BCUT2D eigenvalue weighted by Crippen LogP contribution is 2.18. The number of hydrogen-bond acceptors (Lipinski definition) is 4. The van der Waals surface area contributed by atoms with Gasteiger partial charge in [-0.25, -0.2) is 0 Å². The second-order valence-electron chi connectivity index (χ2n) is 7.04. The van der Waals surface area contributed by atoms with Crippen LogP contribution >= 0.6 is 22.9 Å². The van der Waals surface area contributed by atoms with E-state index >= 15 is 0 Å². The maximum Gasteiger partial charge on any atom is 0.279 e. The number of nitrogens with zero attached hydrogens (tertiary/aromatic N) is 2. The van der Waals surface area contributed by atoms with E-state index in [0.29, 0.717) is 28.4 Å². The van der Waals surface area contributed by atoms with Crippen LogP contribution in [0.25, 0.3) is 0 Å². The highest BCUT2D eigenvalue weighted by atomic mass is 35.5. The fourth-order valence-corrected chi connectivity index (χ4v) is 4.23. The lowest BCUT2D eigenvalue weighted by Crippen LogP contribution is -2.22. The topological polar surface area (TPSA) is 80.5 Å². The molecule has 0 bridgehead atoms. The fourth-order valence-electron chi connectivity index (χ4n) is 3.31. The lowest BCUT2D eigenvalue weighted by atomic mass is 9.97. The van der Waals surface area contributed by atoms with Gasteiger partial charge >= 0.3 is 0 Å². The van der Waals surface area contributed by atoms with Gasteiger partial charge in [0, 0.05) is 28.6 Å². The number of nitrogens with one attached hydrogen (secondary N) is 1. The molecule has 6 nitrogen and oxygen atoms in total. The van der Waals surface area contributed by atoms with Gasteiger partial charge in [-0.15, -0.1) is 11.3 Å². The maximum atomic E-state index is 12.6. The molecule has 2 heterocycles. The smallest absolute Gasteiger partial charge is 0.279 e. The SMILES string of the molecule is O=C1CC(Cc2ccc(C(=O)N=c3sccn3Cc3ccccc3Cl)cc2)C(=O)N1. The number of halogens is 1. The summed E-state index contributed by atoms with van der Waals surface area (Å²) in [5.74, 6) is -1.17. The molecule has 1 atom stereocenters. The number of hydrogen-bond donors (Lipinski definition) is 1. The first-order chi connectivity index (χ1) is 14.5. The first-order valence-corrected chi connectivity index (χ1v) is 10.6. The minimum atomic E-state index is -0.348. The molecule has 4 rings (SSSR count). The van der Waals surface area contributed by atoms with Gasteiger partial charge in [0.05, 0.1) is 12.5 Å². The van der Waals surface area contributed by atoms with Crippen LogP contribution in [0, 0.1) is 5.92 Å². The molecule has 2 aromatic carbocycles. The molecule has 8 heteroatoms. The summed E-state index contributed by atoms with van der Waals surface area (Å²) in [7, 11) is 0. The summed E-state index contributed by atoms with van der Waals surface area (Å²) in [4.78, 5) is 40.5. The van der Waals surface area contributed by atoms with E-state index in [0.717, 1.165) is 11.1 Å². The van der Waals surface area contributed by atoms with Crippen LogP contribution in [0.5, 0.6) is 0 Å². The van der Waals surface area contributed by atoms with Gasteiger partial charge in [-0.05, 0) is 35.7 Å². The largest absolute Gasteiger partial charge is 0.319 e. The molecule has 0 spiro atoms. The second-order valence-corrected chi connectivity index (χ2v) is 8.32. The van der Waals surface area contributed by atoms with Crippen molar-refractivity contribution in [3.05, 3.63) is 86.6 Å². The fraction of sp³-hybridized carbons (Fsp3) is 0.182. The van der Waals surface area contributed by atoms with E-state index in [1.165, 1.54) is 11.3 Å². The van der Waals surface area contributed by atoms with Crippen molar-refractivity contribution in [1.29, 1.82) is 0 Å². The predicted octanol–water partition coefficient (Wildman–Crippen LogP) is 3.20. The van der Waals surface area contributed by atoms with Crippen molar-refractivity contribution in [2.24, 2.45) is 10.9 Å². The number of thiazole rings is 1. The van der Waals surface area contributed by atoms with E-state index < -0.39 is 0 Å². The zero-order chi connectivity index (χ0) is 21.1. The van der Waals surface area contributed by atoms with Crippen LogP contribution < -0.4 is 10.1 Å². The van der Waals surface area contributed by atoms with Crippen LogP contribution in [0.15, 0.2) is 65.1 Å². The van der Waals surface area contributed by atoms with Gasteiger partial charge in [-0.1, -0.05) is 41.9 Å². The highest BCUT2D eigenvalue weighted by molar-refractivity contribution is 7.07. The first-order valence-electron chi connectivity index (χ1n) is 9.38. The molecule has 0 radical (unpaired) electrons. The number of imide groups is 1. The van der Waals surface area contributed by atoms with Crippen LogP contribution in [0.1, 0.15) is 27.9 Å². The Labute approximate surface area is 181 Å². The van der Waals surface area contributed by atoms with E-state index in [2.05, 4.69) is 10.3 Å². The number of rotatable bonds is 5. The number of aromatic nitrogens is 1. The average Bonchev–Trinajstić information content (AvgIpc) is 3.29. The van der Waals surface area contributed by atoms with Gasteiger partial charge in [-0.3, -0.25) is 19.7 Å². The molecule has 3 amide bonds. The van der Waals surface area contributed by atoms with Gasteiger partial charge in [-0.2, -0.15) is 4.99 Å². The number of carbonyl (C=O) groups is 3. The standard InChI is InChI=1S/C22H18ClN3O3S/c23-18-4-2-1-3-16(18)13-26-9-10-30-22(26)25-20(28)15-7-5-14(6-8-15)11-17-12-19(27)24-21(17)29/h1-10,17H,11-13H2,(H,24,27,29). The second kappa shape index (κ2) is 8.77. The van der Waals surface area contributed by atoms with Crippen molar-refractivity contribution < 1.29 is 14.4 Å². The van der Waals surface area contributed by atoms with Gasteiger partial charge in [0.25, 0.3) is 5.91 Å². The van der Waals surface area contributed by atoms with E-state index in [9.17, 15) is 14.4 Å². The minimum absolute atomic E-state index is 0.207. The zero-order valence-corrected chi connectivity index (χ0v) is 17.4. The van der Waals surface area contributed by atoms with Crippen molar-refractivity contribution in [2.45, 2.75) is 19.4 Å². The highest BCUT2D eigenvalue weighted by Gasteiger charge is 2.30. The zero-order valence-electron chi connectivity index (χ0n) is 15.9. The molecule has 152 valence electrons. The van der Waals surface area contributed by atoms with Gasteiger partial charge in [0.2, 0.25) is 11.8 Å². The Bertz CT molecular complexity index is 1180. The molecule has 1 N–H and O–H groups in total. The summed E-state index contributed by atoms with van der Waals surface area (Å²) in [6.07, 6.45) is 2.54. The van der Waals surface area contributed by atoms with Crippen molar-refractivity contribution in [1.82, 2.24) is 9.88 Å². The van der Waals surface area contributed by atoms with Crippen molar-refractivity contribution >= 4 is 40.7 Å². The molecule has 0 aliphatic carbocycles. The van der Waals surface area contributed by atoms with Crippen LogP contribution in [0.2, 0.25) is 5.02 Å². The van der Waals surface area contributed by atoms with Crippen molar-refractivity contribution in [3.8, 4) is 0 Å². The molecule has 1 aliphatic rings. The van der Waals surface area contributed by atoms with Crippen LogP contribution in [0.4, 0.5) is 0 Å². The molecule has 3 aromatic rings. The van der Waals surface area contributed by atoms with Gasteiger partial charge in [0.15, 0.2) is 4.80 Å². The van der Waals surface area contributed by atoms with Crippen LogP contribution in [-0.4, -0.2) is 22.3 Å². The maximum absolute atomic E-state index is 12.6. The Hall–Kier alpha value is -3.03.